The maximum absolute atomic E-state index is 12.1. The molecule has 2 aromatic carbocycles. The van der Waals surface area contributed by atoms with Crippen molar-refractivity contribution in [3.63, 3.8) is 0 Å². The van der Waals surface area contributed by atoms with Crippen LogP contribution in [0.3, 0.4) is 0 Å². The van der Waals surface area contributed by atoms with Crippen molar-refractivity contribution in [2.45, 2.75) is 6.42 Å². The lowest BCUT2D eigenvalue weighted by Crippen LogP contribution is -2.14. The lowest BCUT2D eigenvalue weighted by Gasteiger charge is -2.06. The van der Waals surface area contributed by atoms with Crippen LogP contribution in [0.5, 0.6) is 0 Å². The van der Waals surface area contributed by atoms with Crippen molar-refractivity contribution < 1.29 is 4.79 Å². The Kier molecular flexibility index (Phi) is 3.67. The summed E-state index contributed by atoms with van der Waals surface area (Å²) in [5.41, 5.74) is 4.20. The van der Waals surface area contributed by atoms with Crippen LogP contribution in [-0.4, -0.2) is 10.9 Å². The molecule has 0 spiro atoms. The number of halogens is 1. The molecule has 0 saturated carbocycles. The second-order valence-corrected chi connectivity index (χ2v) is 5.60. The number of rotatable bonds is 3. The molecule has 3 nitrogen and oxygen atoms in total. The van der Waals surface area contributed by atoms with Crippen LogP contribution in [0, 0.1) is 0 Å². The van der Waals surface area contributed by atoms with Crippen molar-refractivity contribution in [3.05, 3.63) is 58.6 Å². The molecule has 0 bridgehead atoms. The van der Waals surface area contributed by atoms with Crippen LogP contribution in [0.25, 0.3) is 10.2 Å². The van der Waals surface area contributed by atoms with Crippen molar-refractivity contribution in [1.29, 1.82) is 0 Å². The lowest BCUT2D eigenvalue weighted by molar-refractivity contribution is -0.115. The Labute approximate surface area is 125 Å². The molecule has 1 N–H and O–H groups in total. The molecule has 0 unspecified atom stereocenters. The SMILES string of the molecule is O=C(Cc1ccccc1)Nc1ccc(Cl)c2ncsc12. The maximum atomic E-state index is 12.1. The Morgan fingerprint density at radius 2 is 2.00 bits per heavy atom. The van der Waals surface area contributed by atoms with Crippen LogP contribution in [0.1, 0.15) is 5.56 Å². The number of carbonyl (C=O) groups excluding carboxylic acids is 1. The van der Waals surface area contributed by atoms with Gasteiger partial charge in [-0.3, -0.25) is 4.79 Å². The van der Waals surface area contributed by atoms with E-state index in [1.54, 1.807) is 11.6 Å². The highest BCUT2D eigenvalue weighted by atomic mass is 35.5. The summed E-state index contributed by atoms with van der Waals surface area (Å²) >= 11 is 7.53. The van der Waals surface area contributed by atoms with E-state index in [-0.39, 0.29) is 5.91 Å². The largest absolute Gasteiger partial charge is 0.324 e. The molecule has 0 aliphatic carbocycles. The zero-order chi connectivity index (χ0) is 13.9. The van der Waals surface area contributed by atoms with Gasteiger partial charge < -0.3 is 5.32 Å². The first-order valence-electron chi connectivity index (χ1n) is 6.09. The summed E-state index contributed by atoms with van der Waals surface area (Å²) in [6.45, 7) is 0. The molecule has 3 rings (SSSR count). The van der Waals surface area contributed by atoms with Gasteiger partial charge in [-0.2, -0.15) is 0 Å². The van der Waals surface area contributed by atoms with Crippen LogP contribution >= 0.6 is 22.9 Å². The predicted octanol–water partition coefficient (Wildman–Crippen LogP) is 4.13. The molecule has 1 aromatic heterocycles. The minimum Gasteiger partial charge on any atom is -0.324 e. The average molecular weight is 303 g/mol. The van der Waals surface area contributed by atoms with Gasteiger partial charge in [-0.1, -0.05) is 41.9 Å². The Bertz CT molecular complexity index is 755. The molecule has 20 heavy (non-hydrogen) atoms. The van der Waals surface area contributed by atoms with Gasteiger partial charge in [-0.05, 0) is 17.7 Å². The number of aromatic nitrogens is 1. The summed E-state index contributed by atoms with van der Waals surface area (Å²) in [5, 5.41) is 3.52. The van der Waals surface area contributed by atoms with E-state index in [4.69, 9.17) is 11.6 Å². The van der Waals surface area contributed by atoms with Crippen molar-refractivity contribution in [2.75, 3.05) is 5.32 Å². The first-order chi connectivity index (χ1) is 9.74. The van der Waals surface area contributed by atoms with E-state index in [1.807, 2.05) is 36.4 Å². The van der Waals surface area contributed by atoms with Gasteiger partial charge in [0.1, 0.15) is 5.52 Å². The van der Waals surface area contributed by atoms with E-state index in [0.29, 0.717) is 11.4 Å². The summed E-state index contributed by atoms with van der Waals surface area (Å²) in [5.74, 6) is -0.0479. The molecule has 0 aliphatic heterocycles. The van der Waals surface area contributed by atoms with Crippen molar-refractivity contribution in [3.8, 4) is 0 Å². The van der Waals surface area contributed by atoms with E-state index in [1.165, 1.54) is 11.3 Å². The second kappa shape index (κ2) is 5.61. The molecule has 1 heterocycles. The van der Waals surface area contributed by atoms with E-state index in [2.05, 4.69) is 10.3 Å². The van der Waals surface area contributed by atoms with E-state index in [0.717, 1.165) is 21.5 Å². The third-order valence-electron chi connectivity index (χ3n) is 2.92. The molecule has 0 aliphatic rings. The standard InChI is InChI=1S/C15H11ClN2OS/c16-11-6-7-12(15-14(11)17-9-20-15)18-13(19)8-10-4-2-1-3-5-10/h1-7,9H,8H2,(H,18,19). The van der Waals surface area contributed by atoms with Crippen LogP contribution in [0.15, 0.2) is 48.0 Å². The minimum atomic E-state index is -0.0479. The highest BCUT2D eigenvalue weighted by Crippen LogP contribution is 2.32. The molecule has 0 radical (unpaired) electrons. The van der Waals surface area contributed by atoms with Crippen molar-refractivity contribution >= 4 is 44.7 Å². The molecule has 1 amide bonds. The highest BCUT2D eigenvalue weighted by molar-refractivity contribution is 7.17. The monoisotopic (exact) mass is 302 g/mol. The third-order valence-corrected chi connectivity index (χ3v) is 4.08. The summed E-state index contributed by atoms with van der Waals surface area (Å²) in [7, 11) is 0. The zero-order valence-electron chi connectivity index (χ0n) is 10.5. The van der Waals surface area contributed by atoms with E-state index < -0.39 is 0 Å². The van der Waals surface area contributed by atoms with E-state index in [9.17, 15) is 4.79 Å². The molecule has 0 saturated heterocycles. The Hall–Kier alpha value is -1.91. The molecule has 0 fully saturated rings. The van der Waals surface area contributed by atoms with Gasteiger partial charge in [0.25, 0.3) is 0 Å². The van der Waals surface area contributed by atoms with Gasteiger partial charge in [-0.25, -0.2) is 4.98 Å². The van der Waals surface area contributed by atoms with Gasteiger partial charge in [0.15, 0.2) is 0 Å². The fourth-order valence-corrected chi connectivity index (χ4v) is 3.04. The molecule has 0 atom stereocenters. The first-order valence-corrected chi connectivity index (χ1v) is 7.35. The lowest BCUT2D eigenvalue weighted by atomic mass is 10.1. The number of fused-ring (bicyclic) bond motifs is 1. The van der Waals surface area contributed by atoms with Crippen LogP contribution in [0.2, 0.25) is 5.02 Å². The second-order valence-electron chi connectivity index (χ2n) is 4.34. The van der Waals surface area contributed by atoms with Crippen molar-refractivity contribution in [2.24, 2.45) is 0 Å². The number of hydrogen-bond acceptors (Lipinski definition) is 3. The molecule has 100 valence electrons. The summed E-state index contributed by atoms with van der Waals surface area (Å²) < 4.78 is 0.902. The molecular formula is C15H11ClN2OS. The van der Waals surface area contributed by atoms with Crippen molar-refractivity contribution in [1.82, 2.24) is 4.98 Å². The Balaban J connectivity index is 1.81. The topological polar surface area (TPSA) is 42.0 Å². The number of nitrogens with one attached hydrogen (secondary N) is 1. The quantitative estimate of drug-likeness (QED) is 0.790. The predicted molar refractivity (Wildman–Crippen MR) is 83.4 cm³/mol. The molecular weight excluding hydrogens is 292 g/mol. The Morgan fingerprint density at radius 1 is 1.20 bits per heavy atom. The average Bonchev–Trinajstić information content (AvgIpc) is 2.93. The van der Waals surface area contributed by atoms with Crippen LogP contribution < -0.4 is 5.32 Å². The number of nitrogens with zero attached hydrogens (tertiary/aromatic N) is 1. The first kappa shape index (κ1) is 13.1. The van der Waals surface area contributed by atoms with Gasteiger partial charge in [-0.15, -0.1) is 11.3 Å². The highest BCUT2D eigenvalue weighted by Gasteiger charge is 2.10. The van der Waals surface area contributed by atoms with E-state index >= 15 is 0 Å². The van der Waals surface area contributed by atoms with Gasteiger partial charge >= 0.3 is 0 Å². The van der Waals surface area contributed by atoms with Gasteiger partial charge in [0.2, 0.25) is 5.91 Å². The summed E-state index contributed by atoms with van der Waals surface area (Å²) in [6.07, 6.45) is 0.351. The molecule has 5 heteroatoms. The fraction of sp³-hybridized carbons (Fsp3) is 0.0667. The summed E-state index contributed by atoms with van der Waals surface area (Å²) in [4.78, 5) is 16.3. The zero-order valence-corrected chi connectivity index (χ0v) is 12.0. The van der Waals surface area contributed by atoms with Crippen LogP contribution in [-0.2, 0) is 11.2 Å². The number of benzene rings is 2. The fourth-order valence-electron chi connectivity index (χ4n) is 1.99. The number of thiazole rings is 1. The number of amides is 1. The number of carbonyl (C=O) groups is 1. The van der Waals surface area contributed by atoms with Gasteiger partial charge in [0.05, 0.1) is 27.3 Å². The maximum Gasteiger partial charge on any atom is 0.228 e. The third kappa shape index (κ3) is 2.66. The summed E-state index contributed by atoms with van der Waals surface area (Å²) in [6, 6.07) is 13.2. The number of hydrogen-bond donors (Lipinski definition) is 1. The Morgan fingerprint density at radius 3 is 2.80 bits per heavy atom. The molecule has 3 aromatic rings. The van der Waals surface area contributed by atoms with Gasteiger partial charge in [0, 0.05) is 0 Å². The normalized spacial score (nSPS) is 10.7. The van der Waals surface area contributed by atoms with Crippen LogP contribution in [0.4, 0.5) is 5.69 Å². The smallest absolute Gasteiger partial charge is 0.228 e. The number of anilines is 1. The minimum absolute atomic E-state index is 0.0479.